The number of hydrogen-bond donors (Lipinski definition) is 2. The Morgan fingerprint density at radius 3 is 2.53 bits per heavy atom. The van der Waals surface area contributed by atoms with Crippen molar-refractivity contribution >= 4 is 23.9 Å². The number of carbonyl (C=O) groups is 2. The molecule has 0 saturated heterocycles. The molecule has 1 aliphatic rings. The van der Waals surface area contributed by atoms with Crippen molar-refractivity contribution in [2.45, 2.75) is 37.7 Å². The average molecular weight is 435 g/mol. The molecule has 0 bridgehead atoms. The fourth-order valence-corrected chi connectivity index (χ4v) is 3.88. The maximum absolute atomic E-state index is 12.3. The van der Waals surface area contributed by atoms with Gasteiger partial charge in [-0.15, -0.1) is 0 Å². The molecule has 2 amide bonds. The standard InChI is InChI=1S/C24H25N3O5/c1-30-21-5-3-2-4-20(21)27-24(29)26-18-10-6-16(7-11-18)22-14-25-23(32-22)17-8-12-19(13-9-17)31-15-28/h2-7,10-11,14-15,17,19H,8-9,12-13H2,1H3,(H2,26,27,29). The molecular weight excluding hydrogens is 410 g/mol. The van der Waals surface area contributed by atoms with Gasteiger partial charge in [-0.1, -0.05) is 12.1 Å². The molecule has 0 spiro atoms. The number of aromatic nitrogens is 1. The smallest absolute Gasteiger partial charge is 0.323 e. The van der Waals surface area contributed by atoms with E-state index in [0.29, 0.717) is 35.2 Å². The molecule has 166 valence electrons. The number of rotatable bonds is 7. The number of ether oxygens (including phenoxy) is 2. The molecule has 1 saturated carbocycles. The second-order valence-corrected chi connectivity index (χ2v) is 7.63. The first kappa shape index (κ1) is 21.4. The quantitative estimate of drug-likeness (QED) is 0.495. The lowest BCUT2D eigenvalue weighted by atomic mass is 9.87. The minimum atomic E-state index is -0.363. The van der Waals surface area contributed by atoms with Gasteiger partial charge in [-0.25, -0.2) is 9.78 Å². The molecule has 32 heavy (non-hydrogen) atoms. The zero-order chi connectivity index (χ0) is 22.3. The van der Waals surface area contributed by atoms with Crippen LogP contribution in [0, 0.1) is 0 Å². The van der Waals surface area contributed by atoms with E-state index in [4.69, 9.17) is 13.9 Å². The summed E-state index contributed by atoms with van der Waals surface area (Å²) in [5, 5.41) is 5.58. The Morgan fingerprint density at radius 1 is 1.06 bits per heavy atom. The van der Waals surface area contributed by atoms with Gasteiger partial charge in [0.1, 0.15) is 11.9 Å². The molecule has 1 fully saturated rings. The van der Waals surface area contributed by atoms with Crippen LogP contribution in [0.1, 0.15) is 37.5 Å². The highest BCUT2D eigenvalue weighted by molar-refractivity contribution is 6.00. The van der Waals surface area contributed by atoms with E-state index in [2.05, 4.69) is 15.6 Å². The summed E-state index contributed by atoms with van der Waals surface area (Å²) in [7, 11) is 1.55. The molecule has 0 unspecified atom stereocenters. The van der Waals surface area contributed by atoms with Gasteiger partial charge >= 0.3 is 6.03 Å². The summed E-state index contributed by atoms with van der Waals surface area (Å²) >= 11 is 0. The molecule has 3 aromatic rings. The fraction of sp³-hybridized carbons (Fsp3) is 0.292. The molecule has 0 radical (unpaired) electrons. The van der Waals surface area contributed by atoms with E-state index in [1.54, 1.807) is 37.6 Å². The van der Waals surface area contributed by atoms with Crippen LogP contribution in [0.4, 0.5) is 16.2 Å². The Bertz CT molecular complexity index is 1060. The van der Waals surface area contributed by atoms with Crippen LogP contribution in [0.3, 0.4) is 0 Å². The Labute approximate surface area is 185 Å². The van der Waals surface area contributed by atoms with Crippen molar-refractivity contribution in [1.82, 2.24) is 4.98 Å². The van der Waals surface area contributed by atoms with Crippen LogP contribution in [-0.2, 0) is 9.53 Å². The monoisotopic (exact) mass is 435 g/mol. The van der Waals surface area contributed by atoms with E-state index in [0.717, 1.165) is 31.2 Å². The molecule has 1 heterocycles. The van der Waals surface area contributed by atoms with Crippen LogP contribution in [-0.4, -0.2) is 30.7 Å². The number of carbonyl (C=O) groups excluding carboxylic acids is 2. The normalized spacial score (nSPS) is 17.9. The molecule has 8 nitrogen and oxygen atoms in total. The topological polar surface area (TPSA) is 103 Å². The van der Waals surface area contributed by atoms with Crippen LogP contribution < -0.4 is 15.4 Å². The fourth-order valence-electron chi connectivity index (χ4n) is 3.88. The van der Waals surface area contributed by atoms with Gasteiger partial charge < -0.3 is 24.5 Å². The third kappa shape index (κ3) is 5.08. The summed E-state index contributed by atoms with van der Waals surface area (Å²) < 4.78 is 16.3. The van der Waals surface area contributed by atoms with Crippen molar-refractivity contribution in [3.05, 3.63) is 60.6 Å². The van der Waals surface area contributed by atoms with Crippen LogP contribution in [0.25, 0.3) is 11.3 Å². The van der Waals surface area contributed by atoms with Crippen molar-refractivity contribution in [2.24, 2.45) is 0 Å². The lowest BCUT2D eigenvalue weighted by molar-refractivity contribution is -0.135. The molecule has 0 atom stereocenters. The number of anilines is 2. The predicted molar refractivity (Wildman–Crippen MR) is 120 cm³/mol. The number of amides is 2. The molecule has 4 rings (SSSR count). The maximum Gasteiger partial charge on any atom is 0.323 e. The van der Waals surface area contributed by atoms with Gasteiger partial charge in [0.25, 0.3) is 6.47 Å². The lowest BCUT2D eigenvalue weighted by Crippen LogP contribution is -2.20. The van der Waals surface area contributed by atoms with Crippen molar-refractivity contribution in [2.75, 3.05) is 17.7 Å². The number of benzene rings is 2. The van der Waals surface area contributed by atoms with Gasteiger partial charge in [-0.05, 0) is 62.1 Å². The summed E-state index contributed by atoms with van der Waals surface area (Å²) in [6.45, 7) is 0.523. The molecule has 1 aromatic heterocycles. The van der Waals surface area contributed by atoms with E-state index in [1.165, 1.54) is 0 Å². The third-order valence-electron chi connectivity index (χ3n) is 5.58. The van der Waals surface area contributed by atoms with Crippen molar-refractivity contribution in [3.8, 4) is 17.1 Å². The van der Waals surface area contributed by atoms with Crippen LogP contribution in [0.15, 0.2) is 59.1 Å². The first-order valence-electron chi connectivity index (χ1n) is 10.5. The summed E-state index contributed by atoms with van der Waals surface area (Å²) in [6, 6.07) is 14.2. The lowest BCUT2D eigenvalue weighted by Gasteiger charge is -2.25. The highest BCUT2D eigenvalue weighted by atomic mass is 16.5. The first-order chi connectivity index (χ1) is 15.7. The Balaban J connectivity index is 1.35. The van der Waals surface area contributed by atoms with E-state index >= 15 is 0 Å². The minimum absolute atomic E-state index is 0.00148. The van der Waals surface area contributed by atoms with Crippen LogP contribution >= 0.6 is 0 Å². The van der Waals surface area contributed by atoms with E-state index in [9.17, 15) is 9.59 Å². The molecular formula is C24H25N3O5. The van der Waals surface area contributed by atoms with Gasteiger partial charge in [0.05, 0.1) is 19.0 Å². The molecule has 2 aromatic carbocycles. The summed E-state index contributed by atoms with van der Waals surface area (Å²) in [4.78, 5) is 27.3. The third-order valence-corrected chi connectivity index (χ3v) is 5.58. The summed E-state index contributed by atoms with van der Waals surface area (Å²) in [5.74, 6) is 2.21. The first-order valence-corrected chi connectivity index (χ1v) is 10.5. The highest BCUT2D eigenvalue weighted by Crippen LogP contribution is 2.35. The predicted octanol–water partition coefficient (Wildman–Crippen LogP) is 5.19. The number of nitrogens with one attached hydrogen (secondary N) is 2. The minimum Gasteiger partial charge on any atom is -0.495 e. The molecule has 2 N–H and O–H groups in total. The van der Waals surface area contributed by atoms with Crippen molar-refractivity contribution < 1.29 is 23.5 Å². The van der Waals surface area contributed by atoms with Gasteiger partial charge in [0.2, 0.25) is 0 Å². The Kier molecular flexibility index (Phi) is 6.69. The van der Waals surface area contributed by atoms with Crippen LogP contribution in [0.2, 0.25) is 0 Å². The Morgan fingerprint density at radius 2 is 1.81 bits per heavy atom. The summed E-state index contributed by atoms with van der Waals surface area (Å²) in [5.41, 5.74) is 2.11. The number of urea groups is 1. The zero-order valence-electron chi connectivity index (χ0n) is 17.7. The second kappa shape index (κ2) is 10.00. The van der Waals surface area contributed by atoms with Gasteiger partial charge in [0.15, 0.2) is 11.7 Å². The largest absolute Gasteiger partial charge is 0.495 e. The van der Waals surface area contributed by atoms with Gasteiger partial charge in [-0.2, -0.15) is 0 Å². The van der Waals surface area contributed by atoms with Crippen LogP contribution in [0.5, 0.6) is 5.75 Å². The number of nitrogens with zero attached hydrogens (tertiary/aromatic N) is 1. The van der Waals surface area contributed by atoms with E-state index < -0.39 is 0 Å². The van der Waals surface area contributed by atoms with Crippen molar-refractivity contribution in [3.63, 3.8) is 0 Å². The van der Waals surface area contributed by atoms with E-state index in [-0.39, 0.29) is 18.1 Å². The molecule has 8 heteroatoms. The highest BCUT2D eigenvalue weighted by Gasteiger charge is 2.26. The summed E-state index contributed by atoms with van der Waals surface area (Å²) in [6.07, 6.45) is 5.11. The number of para-hydroxylation sites is 2. The number of hydrogen-bond acceptors (Lipinski definition) is 6. The van der Waals surface area contributed by atoms with Gasteiger partial charge in [0, 0.05) is 17.2 Å². The molecule has 1 aliphatic carbocycles. The average Bonchev–Trinajstić information content (AvgIpc) is 3.31. The number of oxazole rings is 1. The Hall–Kier alpha value is -3.81. The van der Waals surface area contributed by atoms with Gasteiger partial charge in [-0.3, -0.25) is 4.79 Å². The van der Waals surface area contributed by atoms with Crippen molar-refractivity contribution in [1.29, 1.82) is 0 Å². The number of methoxy groups -OCH3 is 1. The second-order valence-electron chi connectivity index (χ2n) is 7.63. The zero-order valence-corrected chi connectivity index (χ0v) is 17.7. The maximum atomic E-state index is 12.3. The van der Waals surface area contributed by atoms with E-state index in [1.807, 2.05) is 24.3 Å². The molecule has 0 aliphatic heterocycles. The SMILES string of the molecule is COc1ccccc1NC(=O)Nc1ccc(-c2cnc(C3CCC(OC=O)CC3)o2)cc1.